The third-order valence-electron chi connectivity index (χ3n) is 5.74. The SMILES string of the molecule is Cc1cc(Nc2ccn(Cc3nc(C)c4ccccc4n3)n2)n2nc(SCc3ccc(Br)cc3)nc2n1. The van der Waals surface area contributed by atoms with Crippen LogP contribution in [0.2, 0.25) is 0 Å². The maximum absolute atomic E-state index is 4.70. The van der Waals surface area contributed by atoms with E-state index in [-0.39, 0.29) is 0 Å². The molecule has 0 saturated carbocycles. The van der Waals surface area contributed by atoms with Crippen LogP contribution in [0.15, 0.2) is 76.5 Å². The van der Waals surface area contributed by atoms with E-state index in [1.165, 1.54) is 5.56 Å². The molecule has 9 nitrogen and oxygen atoms in total. The average molecular weight is 572 g/mol. The van der Waals surface area contributed by atoms with Crippen molar-refractivity contribution in [3.8, 4) is 0 Å². The molecule has 1 N–H and O–H groups in total. The molecule has 37 heavy (non-hydrogen) atoms. The second-order valence-corrected chi connectivity index (χ2v) is 10.4. The lowest BCUT2D eigenvalue weighted by Crippen LogP contribution is -2.07. The van der Waals surface area contributed by atoms with Gasteiger partial charge in [-0.15, -0.1) is 5.10 Å². The van der Waals surface area contributed by atoms with E-state index >= 15 is 0 Å². The summed E-state index contributed by atoms with van der Waals surface area (Å²) in [4.78, 5) is 18.5. The molecule has 0 radical (unpaired) electrons. The molecule has 0 amide bonds. The molecule has 4 heterocycles. The van der Waals surface area contributed by atoms with Gasteiger partial charge in [0.1, 0.15) is 12.4 Å². The maximum Gasteiger partial charge on any atom is 0.255 e. The Morgan fingerprint density at radius 2 is 1.76 bits per heavy atom. The number of benzene rings is 2. The van der Waals surface area contributed by atoms with Crippen molar-refractivity contribution in [3.63, 3.8) is 0 Å². The van der Waals surface area contributed by atoms with Crippen molar-refractivity contribution < 1.29 is 0 Å². The van der Waals surface area contributed by atoms with Crippen molar-refractivity contribution in [2.45, 2.75) is 31.3 Å². The number of nitrogens with zero attached hydrogens (tertiary/aromatic N) is 8. The quantitative estimate of drug-likeness (QED) is 0.242. The number of hydrogen-bond donors (Lipinski definition) is 1. The van der Waals surface area contributed by atoms with E-state index < -0.39 is 0 Å². The molecule has 0 aliphatic carbocycles. The van der Waals surface area contributed by atoms with Gasteiger partial charge in [0.15, 0.2) is 11.6 Å². The lowest BCUT2D eigenvalue weighted by atomic mass is 10.2. The van der Waals surface area contributed by atoms with Gasteiger partial charge in [-0.05, 0) is 37.6 Å². The van der Waals surface area contributed by atoms with E-state index in [9.17, 15) is 0 Å². The number of fused-ring (bicyclic) bond motifs is 2. The second kappa shape index (κ2) is 9.91. The summed E-state index contributed by atoms with van der Waals surface area (Å²) in [5, 5.41) is 14.4. The summed E-state index contributed by atoms with van der Waals surface area (Å²) < 4.78 is 4.59. The van der Waals surface area contributed by atoms with Gasteiger partial charge in [-0.1, -0.05) is 58.0 Å². The molecule has 0 aliphatic heterocycles. The third-order valence-corrected chi connectivity index (χ3v) is 7.18. The van der Waals surface area contributed by atoms with Crippen molar-refractivity contribution in [2.75, 3.05) is 5.32 Å². The Kier molecular flexibility index (Phi) is 6.31. The molecule has 184 valence electrons. The minimum Gasteiger partial charge on any atom is -0.323 e. The first kappa shape index (κ1) is 23.6. The van der Waals surface area contributed by atoms with Crippen LogP contribution >= 0.6 is 27.7 Å². The van der Waals surface area contributed by atoms with Crippen molar-refractivity contribution in [2.24, 2.45) is 0 Å². The Morgan fingerprint density at radius 3 is 2.62 bits per heavy atom. The van der Waals surface area contributed by atoms with Crippen molar-refractivity contribution in [1.82, 2.24) is 39.3 Å². The van der Waals surface area contributed by atoms with Crippen molar-refractivity contribution >= 4 is 56.0 Å². The molecule has 11 heteroatoms. The van der Waals surface area contributed by atoms with E-state index in [0.29, 0.717) is 23.3 Å². The zero-order valence-corrected chi connectivity index (χ0v) is 22.5. The number of anilines is 2. The highest BCUT2D eigenvalue weighted by Gasteiger charge is 2.13. The van der Waals surface area contributed by atoms with Gasteiger partial charge in [0.2, 0.25) is 5.16 Å². The van der Waals surface area contributed by atoms with E-state index in [4.69, 9.17) is 4.98 Å². The van der Waals surface area contributed by atoms with Gasteiger partial charge in [0.25, 0.3) is 5.78 Å². The topological polar surface area (TPSA) is 98.7 Å². The molecule has 0 fully saturated rings. The summed E-state index contributed by atoms with van der Waals surface area (Å²) in [6, 6.07) is 20.1. The normalized spacial score (nSPS) is 11.4. The molecule has 0 atom stereocenters. The summed E-state index contributed by atoms with van der Waals surface area (Å²) in [5.41, 5.74) is 3.93. The monoisotopic (exact) mass is 571 g/mol. The van der Waals surface area contributed by atoms with Gasteiger partial charge in [-0.3, -0.25) is 4.68 Å². The van der Waals surface area contributed by atoms with Gasteiger partial charge in [-0.25, -0.2) is 15.0 Å². The Balaban J connectivity index is 1.20. The summed E-state index contributed by atoms with van der Waals surface area (Å²) >= 11 is 5.05. The fraction of sp³-hybridized carbons (Fsp3) is 0.154. The summed E-state index contributed by atoms with van der Waals surface area (Å²) in [6.45, 7) is 4.41. The van der Waals surface area contributed by atoms with Crippen molar-refractivity contribution in [1.29, 1.82) is 0 Å². The molecular weight excluding hydrogens is 550 g/mol. The minimum atomic E-state index is 0.471. The minimum absolute atomic E-state index is 0.471. The Morgan fingerprint density at radius 1 is 0.919 bits per heavy atom. The third kappa shape index (κ3) is 5.18. The maximum atomic E-state index is 4.70. The van der Waals surface area contributed by atoms with E-state index in [0.717, 1.165) is 44.2 Å². The molecule has 0 bridgehead atoms. The predicted octanol–water partition coefficient (Wildman–Crippen LogP) is 5.73. The summed E-state index contributed by atoms with van der Waals surface area (Å²) in [5.74, 6) is 3.46. The molecule has 2 aromatic carbocycles. The van der Waals surface area contributed by atoms with Gasteiger partial charge in [-0.2, -0.15) is 14.6 Å². The van der Waals surface area contributed by atoms with E-state index in [1.807, 2.05) is 73.3 Å². The molecule has 0 aliphatic rings. The molecule has 0 spiro atoms. The number of rotatable bonds is 7. The van der Waals surface area contributed by atoms with Gasteiger partial charge >= 0.3 is 0 Å². The predicted molar refractivity (Wildman–Crippen MR) is 148 cm³/mol. The standard InChI is InChI=1S/C26H22BrN9S/c1-16-13-24(36-25(28-16)32-26(34-36)37-15-18-7-9-19(27)10-8-18)31-22-11-12-35(33-22)14-23-29-17(2)20-5-3-4-6-21(20)30-23/h3-13H,14-15H2,1-2H3,(H,31,33). The number of aromatic nitrogens is 8. The van der Waals surface area contributed by atoms with Crippen LogP contribution in [0.25, 0.3) is 16.7 Å². The molecule has 0 unspecified atom stereocenters. The highest BCUT2D eigenvalue weighted by atomic mass is 79.9. The highest BCUT2D eigenvalue weighted by Crippen LogP contribution is 2.24. The lowest BCUT2D eigenvalue weighted by Gasteiger charge is -2.07. The zero-order valence-electron chi connectivity index (χ0n) is 20.1. The number of halogens is 1. The van der Waals surface area contributed by atoms with Crippen LogP contribution in [0.4, 0.5) is 11.6 Å². The van der Waals surface area contributed by atoms with Gasteiger partial charge in [0.05, 0.1) is 5.52 Å². The summed E-state index contributed by atoms with van der Waals surface area (Å²) in [7, 11) is 0. The van der Waals surface area contributed by atoms with E-state index in [2.05, 4.69) is 58.5 Å². The molecule has 4 aromatic heterocycles. The van der Waals surface area contributed by atoms with E-state index in [1.54, 1.807) is 16.3 Å². The largest absolute Gasteiger partial charge is 0.323 e. The molecular formula is C26H22BrN9S. The number of hydrogen-bond acceptors (Lipinski definition) is 8. The lowest BCUT2D eigenvalue weighted by molar-refractivity contribution is 0.658. The van der Waals surface area contributed by atoms with Gasteiger partial charge in [0, 0.05) is 45.3 Å². The Hall–Kier alpha value is -3.83. The van der Waals surface area contributed by atoms with Crippen LogP contribution in [-0.2, 0) is 12.3 Å². The number of thioether (sulfide) groups is 1. The number of para-hydroxylation sites is 1. The second-order valence-electron chi connectivity index (χ2n) is 8.57. The van der Waals surface area contributed by atoms with Crippen LogP contribution in [0.3, 0.4) is 0 Å². The number of aryl methyl sites for hydroxylation is 2. The Labute approximate surface area is 225 Å². The average Bonchev–Trinajstić information content (AvgIpc) is 3.50. The van der Waals surface area contributed by atoms with Crippen LogP contribution in [-0.4, -0.2) is 39.3 Å². The van der Waals surface area contributed by atoms with Crippen LogP contribution in [0.1, 0.15) is 22.8 Å². The molecule has 6 aromatic rings. The smallest absolute Gasteiger partial charge is 0.255 e. The van der Waals surface area contributed by atoms with Crippen LogP contribution < -0.4 is 5.32 Å². The fourth-order valence-electron chi connectivity index (χ4n) is 4.01. The van der Waals surface area contributed by atoms with Crippen LogP contribution in [0.5, 0.6) is 0 Å². The zero-order chi connectivity index (χ0) is 25.4. The van der Waals surface area contributed by atoms with Gasteiger partial charge < -0.3 is 5.32 Å². The molecule has 0 saturated heterocycles. The summed E-state index contributed by atoms with van der Waals surface area (Å²) in [6.07, 6.45) is 1.91. The van der Waals surface area contributed by atoms with Crippen molar-refractivity contribution in [3.05, 3.63) is 94.1 Å². The fourth-order valence-corrected chi connectivity index (χ4v) is 5.04. The Bertz CT molecular complexity index is 1730. The first-order chi connectivity index (χ1) is 18.0. The van der Waals surface area contributed by atoms with Crippen LogP contribution in [0, 0.1) is 13.8 Å². The highest BCUT2D eigenvalue weighted by molar-refractivity contribution is 9.10. The molecule has 6 rings (SSSR count). The first-order valence-electron chi connectivity index (χ1n) is 11.6. The first-order valence-corrected chi connectivity index (χ1v) is 13.4. The number of nitrogens with one attached hydrogen (secondary N) is 1.